The van der Waals surface area contributed by atoms with Crippen molar-refractivity contribution in [2.75, 3.05) is 28.6 Å². The zero-order valence-electron chi connectivity index (χ0n) is 22.0. The molecule has 12 heteroatoms. The van der Waals surface area contributed by atoms with E-state index in [4.69, 9.17) is 9.41 Å². The number of rotatable bonds is 5. The van der Waals surface area contributed by atoms with Gasteiger partial charge in [0.2, 0.25) is 6.17 Å². The summed E-state index contributed by atoms with van der Waals surface area (Å²) in [5.74, 6) is -0.0378. The van der Waals surface area contributed by atoms with Gasteiger partial charge in [0, 0.05) is 30.4 Å². The first-order valence-electron chi connectivity index (χ1n) is 13.2. The number of nitrogens with one attached hydrogen (secondary N) is 2. The van der Waals surface area contributed by atoms with Crippen molar-refractivity contribution in [3.8, 4) is 11.6 Å². The highest BCUT2D eigenvalue weighted by molar-refractivity contribution is 6.19. The molecule has 4 heterocycles. The fourth-order valence-corrected chi connectivity index (χ4v) is 4.94. The Morgan fingerprint density at radius 2 is 1.76 bits per heavy atom. The first-order valence-corrected chi connectivity index (χ1v) is 13.2. The topological polar surface area (TPSA) is 109 Å². The van der Waals surface area contributed by atoms with Crippen LogP contribution in [0, 0.1) is 5.92 Å². The number of piperidine rings is 1. The standard InChI is InChI=1S/C29H26F3N7O2/c1-17-11-13-39(14-12-17)22-15-19(29(30,31)32)16-33-24(22)27-37-38-28(41-27)36-25-26(40)34-21-10-6-5-9-20(21)23(35-25)18-7-3-2-4-8-18/h2-10,15-17,25H,11-14H2,1H3,(H,34,40)(H,36,38)/t25-/m1/s1. The van der Waals surface area contributed by atoms with Gasteiger partial charge in [0.25, 0.3) is 11.8 Å². The van der Waals surface area contributed by atoms with E-state index in [9.17, 15) is 18.0 Å². The van der Waals surface area contributed by atoms with Gasteiger partial charge < -0.3 is 20.0 Å². The average Bonchev–Trinajstić information content (AvgIpc) is 3.38. The molecule has 41 heavy (non-hydrogen) atoms. The molecule has 2 aliphatic heterocycles. The Morgan fingerprint density at radius 3 is 2.51 bits per heavy atom. The molecule has 6 rings (SSSR count). The van der Waals surface area contributed by atoms with Crippen molar-refractivity contribution in [2.45, 2.75) is 32.1 Å². The van der Waals surface area contributed by atoms with Crippen LogP contribution >= 0.6 is 0 Å². The summed E-state index contributed by atoms with van der Waals surface area (Å²) in [5, 5.41) is 13.8. The van der Waals surface area contributed by atoms with E-state index in [1.165, 1.54) is 0 Å². The summed E-state index contributed by atoms with van der Waals surface area (Å²) in [6.07, 6.45) is -3.24. The second-order valence-corrected chi connectivity index (χ2v) is 10.1. The lowest BCUT2D eigenvalue weighted by Gasteiger charge is -2.33. The monoisotopic (exact) mass is 561 g/mol. The molecule has 9 nitrogen and oxygen atoms in total. The zero-order valence-corrected chi connectivity index (χ0v) is 22.0. The second-order valence-electron chi connectivity index (χ2n) is 10.1. The molecule has 0 saturated carbocycles. The van der Waals surface area contributed by atoms with Gasteiger partial charge in [-0.3, -0.25) is 4.79 Å². The van der Waals surface area contributed by atoms with E-state index in [1.807, 2.05) is 53.4 Å². The third-order valence-corrected chi connectivity index (χ3v) is 7.20. The average molecular weight is 562 g/mol. The van der Waals surface area contributed by atoms with Crippen LogP contribution in [0.25, 0.3) is 11.6 Å². The lowest BCUT2D eigenvalue weighted by molar-refractivity contribution is -0.137. The third-order valence-electron chi connectivity index (χ3n) is 7.20. The number of halogens is 3. The van der Waals surface area contributed by atoms with Gasteiger partial charge in [0.05, 0.1) is 22.6 Å². The van der Waals surface area contributed by atoms with E-state index in [0.717, 1.165) is 36.2 Å². The molecule has 4 aromatic rings. The number of anilines is 3. The van der Waals surface area contributed by atoms with Crippen LogP contribution in [0.3, 0.4) is 0 Å². The molecule has 0 radical (unpaired) electrons. The summed E-state index contributed by atoms with van der Waals surface area (Å²) in [6, 6.07) is 17.7. The quantitative estimate of drug-likeness (QED) is 0.326. The first-order chi connectivity index (χ1) is 19.8. The number of aromatic nitrogens is 3. The van der Waals surface area contributed by atoms with E-state index < -0.39 is 23.8 Å². The smallest absolute Gasteiger partial charge is 0.402 e. The molecular weight excluding hydrogens is 535 g/mol. The highest BCUT2D eigenvalue weighted by Gasteiger charge is 2.34. The maximum Gasteiger partial charge on any atom is 0.417 e. The van der Waals surface area contributed by atoms with E-state index in [1.54, 1.807) is 6.07 Å². The predicted octanol–water partition coefficient (Wildman–Crippen LogP) is 5.61. The maximum absolute atomic E-state index is 13.5. The minimum atomic E-state index is -4.55. The lowest BCUT2D eigenvalue weighted by atomic mass is 9.98. The molecule has 0 aliphatic carbocycles. The Balaban J connectivity index is 1.33. The molecule has 2 N–H and O–H groups in total. The SMILES string of the molecule is CC1CCN(c2cc(C(F)(F)F)cnc2-c2nnc(N[C@H]3N=C(c4ccccc4)c4ccccc4NC3=O)o2)CC1. The number of carbonyl (C=O) groups excluding carboxylic acids is 1. The first kappa shape index (κ1) is 26.5. The molecule has 1 fully saturated rings. The van der Waals surface area contributed by atoms with Crippen molar-refractivity contribution in [3.05, 3.63) is 83.6 Å². The van der Waals surface area contributed by atoms with Crippen LogP contribution in [0.1, 0.15) is 36.5 Å². The van der Waals surface area contributed by atoms with Crippen LogP contribution in [-0.4, -0.2) is 46.1 Å². The van der Waals surface area contributed by atoms with Gasteiger partial charge in [0.15, 0.2) is 5.69 Å². The number of alkyl halides is 3. The molecular formula is C29H26F3N7O2. The Morgan fingerprint density at radius 1 is 1.02 bits per heavy atom. The summed E-state index contributed by atoms with van der Waals surface area (Å²) in [7, 11) is 0. The van der Waals surface area contributed by atoms with Gasteiger partial charge in [-0.2, -0.15) is 13.2 Å². The van der Waals surface area contributed by atoms with Gasteiger partial charge in [0.1, 0.15) is 0 Å². The van der Waals surface area contributed by atoms with Crippen molar-refractivity contribution < 1.29 is 22.4 Å². The van der Waals surface area contributed by atoms with Crippen LogP contribution in [0.15, 0.2) is 76.3 Å². The molecule has 2 aromatic carbocycles. The van der Waals surface area contributed by atoms with Crippen molar-refractivity contribution >= 4 is 29.0 Å². The summed E-state index contributed by atoms with van der Waals surface area (Å²) in [4.78, 5) is 23.8. The highest BCUT2D eigenvalue weighted by atomic mass is 19.4. The number of amides is 1. The van der Waals surface area contributed by atoms with Gasteiger partial charge in [-0.15, -0.1) is 5.10 Å². The number of pyridine rings is 1. The molecule has 2 aromatic heterocycles. The fourth-order valence-electron chi connectivity index (χ4n) is 4.94. The van der Waals surface area contributed by atoms with Crippen molar-refractivity contribution in [2.24, 2.45) is 10.9 Å². The molecule has 0 bridgehead atoms. The van der Waals surface area contributed by atoms with Crippen LogP contribution in [-0.2, 0) is 11.0 Å². The summed E-state index contributed by atoms with van der Waals surface area (Å²) < 4.78 is 46.4. The maximum atomic E-state index is 13.5. The number of fused-ring (bicyclic) bond motifs is 1. The highest BCUT2D eigenvalue weighted by Crippen LogP contribution is 2.37. The van der Waals surface area contributed by atoms with Crippen LogP contribution in [0.5, 0.6) is 0 Å². The predicted molar refractivity (Wildman–Crippen MR) is 148 cm³/mol. The lowest BCUT2D eigenvalue weighted by Crippen LogP contribution is -2.33. The Hall–Kier alpha value is -4.74. The number of hydrogen-bond donors (Lipinski definition) is 2. The number of aliphatic imine (C=N–C) groups is 1. The molecule has 1 saturated heterocycles. The number of benzodiazepines with no additional fused rings is 1. The van der Waals surface area contributed by atoms with Gasteiger partial charge in [-0.1, -0.05) is 60.6 Å². The summed E-state index contributed by atoms with van der Waals surface area (Å²) >= 11 is 0. The van der Waals surface area contributed by atoms with Crippen LogP contribution < -0.4 is 15.5 Å². The Labute approximate surface area is 233 Å². The van der Waals surface area contributed by atoms with Gasteiger partial charge in [-0.25, -0.2) is 9.98 Å². The van der Waals surface area contributed by atoms with Crippen molar-refractivity contribution in [3.63, 3.8) is 0 Å². The zero-order chi connectivity index (χ0) is 28.6. The number of hydrogen-bond acceptors (Lipinski definition) is 8. The number of nitrogens with zero attached hydrogens (tertiary/aromatic N) is 5. The van der Waals surface area contributed by atoms with E-state index in [2.05, 4.69) is 32.7 Å². The molecule has 2 aliphatic rings. The molecule has 1 amide bonds. The summed E-state index contributed by atoms with van der Waals surface area (Å²) in [5.41, 5.74) is 2.30. The Kier molecular flexibility index (Phi) is 6.90. The normalized spacial score (nSPS) is 17.9. The minimum absolute atomic E-state index is 0.0700. The van der Waals surface area contributed by atoms with Crippen LogP contribution in [0.4, 0.5) is 30.6 Å². The van der Waals surface area contributed by atoms with E-state index >= 15 is 0 Å². The molecule has 210 valence electrons. The van der Waals surface area contributed by atoms with Crippen molar-refractivity contribution in [1.29, 1.82) is 0 Å². The molecule has 1 atom stereocenters. The fraction of sp³-hybridized carbons (Fsp3) is 0.276. The second kappa shape index (κ2) is 10.7. The third kappa shape index (κ3) is 5.49. The number of carbonyl (C=O) groups is 1. The van der Waals surface area contributed by atoms with Gasteiger partial charge in [-0.05, 0) is 30.9 Å². The number of para-hydroxylation sites is 1. The van der Waals surface area contributed by atoms with Crippen molar-refractivity contribution in [1.82, 2.24) is 15.2 Å². The molecule has 0 spiro atoms. The van der Waals surface area contributed by atoms with E-state index in [-0.39, 0.29) is 23.3 Å². The van der Waals surface area contributed by atoms with Gasteiger partial charge >= 0.3 is 12.2 Å². The Bertz CT molecular complexity index is 1600. The largest absolute Gasteiger partial charge is 0.417 e. The van der Waals surface area contributed by atoms with E-state index in [0.29, 0.717) is 30.4 Å². The van der Waals surface area contributed by atoms with Crippen LogP contribution in [0.2, 0.25) is 0 Å². The number of benzene rings is 2. The summed E-state index contributed by atoms with van der Waals surface area (Å²) in [6.45, 7) is 3.28. The minimum Gasteiger partial charge on any atom is -0.402 e. The molecule has 0 unspecified atom stereocenters.